The van der Waals surface area contributed by atoms with E-state index in [1.807, 2.05) is 24.3 Å². The van der Waals surface area contributed by atoms with Gasteiger partial charge in [0.2, 0.25) is 11.0 Å². The van der Waals surface area contributed by atoms with Gasteiger partial charge in [-0.2, -0.15) is 0 Å². The molecule has 1 heterocycles. The molecule has 0 aromatic carbocycles. The minimum atomic E-state index is -0.240. The van der Waals surface area contributed by atoms with E-state index in [4.69, 9.17) is 12.2 Å². The molecule has 2 rings (SSSR count). The van der Waals surface area contributed by atoms with Crippen LogP contribution >= 0.6 is 12.2 Å². The first-order valence-corrected chi connectivity index (χ1v) is 5.79. The summed E-state index contributed by atoms with van der Waals surface area (Å²) in [6.07, 6.45) is 7.48. The van der Waals surface area contributed by atoms with Gasteiger partial charge in [0.15, 0.2) is 0 Å². The van der Waals surface area contributed by atoms with E-state index in [2.05, 4.69) is 18.8 Å². The van der Waals surface area contributed by atoms with Crippen LogP contribution in [0.2, 0.25) is 0 Å². The fourth-order valence-corrected chi connectivity index (χ4v) is 2.08. The van der Waals surface area contributed by atoms with Crippen molar-refractivity contribution in [3.05, 3.63) is 24.3 Å². The van der Waals surface area contributed by atoms with E-state index in [9.17, 15) is 4.79 Å². The maximum atomic E-state index is 12.2. The molecule has 0 bridgehead atoms. The number of amides is 1. The highest BCUT2D eigenvalue weighted by molar-refractivity contribution is 7.80. The summed E-state index contributed by atoms with van der Waals surface area (Å²) in [7, 11) is 0. The van der Waals surface area contributed by atoms with E-state index in [1.54, 1.807) is 4.90 Å². The van der Waals surface area contributed by atoms with E-state index in [-0.39, 0.29) is 11.8 Å². The van der Waals surface area contributed by atoms with Crippen molar-refractivity contribution in [1.29, 1.82) is 0 Å². The molecule has 2 aliphatic rings. The van der Waals surface area contributed by atoms with Crippen molar-refractivity contribution in [3.8, 4) is 0 Å². The number of hydrogen-bond donors (Lipinski definition) is 0. The Morgan fingerprint density at radius 2 is 2.25 bits per heavy atom. The Morgan fingerprint density at radius 1 is 1.50 bits per heavy atom. The number of carbonyl (C=O) groups excluding carboxylic acids is 1. The summed E-state index contributed by atoms with van der Waals surface area (Å²) in [5, 5.41) is 0.393. The Morgan fingerprint density at radius 3 is 2.94 bits per heavy atom. The smallest absolute Gasteiger partial charge is 0.241 e. The maximum Gasteiger partial charge on any atom is 0.241 e. The molecule has 1 aliphatic heterocycles. The van der Waals surface area contributed by atoms with Gasteiger partial charge in [-0.15, -0.1) is 0 Å². The molecule has 0 aromatic rings. The summed E-state index contributed by atoms with van der Waals surface area (Å²) in [6.45, 7) is 4.76. The third kappa shape index (κ3) is 1.97. The number of carbonyl (C=O) groups is 1. The number of allylic oxidation sites excluding steroid dienone is 3. The lowest BCUT2D eigenvalue weighted by atomic mass is 9.95. The van der Waals surface area contributed by atoms with Crippen LogP contribution in [0.5, 0.6) is 0 Å². The second kappa shape index (κ2) is 4.29. The standard InChI is InChI=1S/C12H14N2OS/c1-8(2)7-14-11(15)9-5-3-4-6-10(9)13-12(14)16/h3-6,8-9H,7H2,1-2H3. The van der Waals surface area contributed by atoms with Gasteiger partial charge in [0, 0.05) is 6.54 Å². The van der Waals surface area contributed by atoms with Crippen molar-refractivity contribution in [2.45, 2.75) is 13.8 Å². The summed E-state index contributed by atoms with van der Waals surface area (Å²) in [4.78, 5) is 18.1. The van der Waals surface area contributed by atoms with Crippen LogP contribution in [-0.2, 0) is 4.79 Å². The van der Waals surface area contributed by atoms with Crippen molar-refractivity contribution >= 4 is 28.9 Å². The summed E-state index contributed by atoms with van der Waals surface area (Å²) in [5.74, 6) is 0.196. The van der Waals surface area contributed by atoms with Crippen molar-refractivity contribution in [2.75, 3.05) is 6.54 Å². The molecule has 3 nitrogen and oxygen atoms in total. The van der Waals surface area contributed by atoms with Crippen molar-refractivity contribution in [3.63, 3.8) is 0 Å². The topological polar surface area (TPSA) is 32.7 Å². The Hall–Kier alpha value is -1.29. The summed E-state index contributed by atoms with van der Waals surface area (Å²) in [6, 6.07) is 0. The van der Waals surface area contributed by atoms with E-state index in [1.165, 1.54) is 0 Å². The van der Waals surface area contributed by atoms with Gasteiger partial charge in [-0.3, -0.25) is 9.69 Å². The van der Waals surface area contributed by atoms with Gasteiger partial charge < -0.3 is 0 Å². The first-order chi connectivity index (χ1) is 7.59. The zero-order chi connectivity index (χ0) is 11.7. The Labute approximate surface area is 101 Å². The lowest BCUT2D eigenvalue weighted by Crippen LogP contribution is -2.47. The predicted octanol–water partition coefficient (Wildman–Crippen LogP) is 1.95. The fraction of sp³-hybridized carbons (Fsp3) is 0.417. The normalized spacial score (nSPS) is 23.8. The summed E-state index contributed by atoms with van der Waals surface area (Å²) >= 11 is 5.15. The number of thiocarbonyl (C=S) groups is 1. The van der Waals surface area contributed by atoms with Crippen LogP contribution in [0.1, 0.15) is 13.8 Å². The molecule has 0 radical (unpaired) electrons. The minimum Gasteiger partial charge on any atom is -0.286 e. The average molecular weight is 234 g/mol. The maximum absolute atomic E-state index is 12.2. The highest BCUT2D eigenvalue weighted by Crippen LogP contribution is 2.20. The van der Waals surface area contributed by atoms with E-state index < -0.39 is 0 Å². The fourth-order valence-electron chi connectivity index (χ4n) is 1.81. The van der Waals surface area contributed by atoms with E-state index >= 15 is 0 Å². The molecule has 1 aliphatic carbocycles. The van der Waals surface area contributed by atoms with Crippen molar-refractivity contribution in [1.82, 2.24) is 4.90 Å². The van der Waals surface area contributed by atoms with Crippen LogP contribution in [-0.4, -0.2) is 28.2 Å². The monoisotopic (exact) mass is 234 g/mol. The van der Waals surface area contributed by atoms with Crippen LogP contribution < -0.4 is 0 Å². The third-order valence-corrected chi connectivity index (χ3v) is 2.85. The molecule has 16 heavy (non-hydrogen) atoms. The number of aliphatic imine (C=N–C) groups is 1. The van der Waals surface area contributed by atoms with Gasteiger partial charge >= 0.3 is 0 Å². The van der Waals surface area contributed by atoms with Gasteiger partial charge in [0.05, 0.1) is 11.6 Å². The van der Waals surface area contributed by atoms with E-state index in [0.717, 1.165) is 5.71 Å². The number of fused-ring (bicyclic) bond motifs is 1. The van der Waals surface area contributed by atoms with Crippen LogP contribution in [0.15, 0.2) is 29.3 Å². The van der Waals surface area contributed by atoms with Crippen LogP contribution in [0.3, 0.4) is 0 Å². The summed E-state index contributed by atoms with van der Waals surface area (Å²) in [5.41, 5.74) is 0.762. The molecular formula is C12H14N2OS. The molecule has 1 amide bonds. The molecule has 0 spiro atoms. The largest absolute Gasteiger partial charge is 0.286 e. The highest BCUT2D eigenvalue weighted by atomic mass is 32.1. The molecule has 4 heteroatoms. The van der Waals surface area contributed by atoms with Gasteiger partial charge in [0.1, 0.15) is 0 Å². The van der Waals surface area contributed by atoms with Crippen LogP contribution in [0.4, 0.5) is 0 Å². The third-order valence-electron chi connectivity index (χ3n) is 2.54. The molecule has 0 aromatic heterocycles. The van der Waals surface area contributed by atoms with Gasteiger partial charge in [-0.1, -0.05) is 32.1 Å². The molecule has 1 unspecified atom stereocenters. The second-order valence-electron chi connectivity index (χ2n) is 4.38. The molecule has 0 fully saturated rings. The average Bonchev–Trinajstić information content (AvgIpc) is 2.24. The Bertz CT molecular complexity index is 421. The lowest BCUT2D eigenvalue weighted by molar-refractivity contribution is -0.128. The van der Waals surface area contributed by atoms with Gasteiger partial charge in [-0.25, -0.2) is 4.99 Å². The first kappa shape index (κ1) is 11.2. The lowest BCUT2D eigenvalue weighted by Gasteiger charge is -2.31. The second-order valence-corrected chi connectivity index (χ2v) is 4.75. The van der Waals surface area contributed by atoms with Crippen molar-refractivity contribution < 1.29 is 4.79 Å². The Balaban J connectivity index is 2.29. The quantitative estimate of drug-likeness (QED) is 0.684. The van der Waals surface area contributed by atoms with Crippen molar-refractivity contribution in [2.24, 2.45) is 16.8 Å². The molecule has 0 saturated heterocycles. The van der Waals surface area contributed by atoms with E-state index in [0.29, 0.717) is 17.6 Å². The minimum absolute atomic E-state index is 0.0456. The highest BCUT2D eigenvalue weighted by Gasteiger charge is 2.33. The van der Waals surface area contributed by atoms with Crippen LogP contribution in [0.25, 0.3) is 0 Å². The molecule has 0 N–H and O–H groups in total. The molecule has 0 saturated carbocycles. The number of nitrogens with zero attached hydrogens (tertiary/aromatic N) is 2. The Kier molecular flexibility index (Phi) is 3.01. The first-order valence-electron chi connectivity index (χ1n) is 5.38. The number of rotatable bonds is 2. The van der Waals surface area contributed by atoms with Crippen LogP contribution in [0, 0.1) is 11.8 Å². The van der Waals surface area contributed by atoms with Gasteiger partial charge in [0.25, 0.3) is 0 Å². The zero-order valence-electron chi connectivity index (χ0n) is 9.38. The predicted molar refractivity (Wildman–Crippen MR) is 68.4 cm³/mol. The zero-order valence-corrected chi connectivity index (χ0v) is 10.2. The number of hydrogen-bond acceptors (Lipinski definition) is 2. The molecular weight excluding hydrogens is 220 g/mol. The SMILES string of the molecule is CC(C)CN1C(=O)C2C=CC=CC2=NC1=S. The van der Waals surface area contributed by atoms with Gasteiger partial charge in [-0.05, 0) is 24.2 Å². The summed E-state index contributed by atoms with van der Waals surface area (Å²) < 4.78 is 0. The molecule has 84 valence electrons. The molecule has 1 atom stereocenters.